The number of hydrogen-bond donors (Lipinski definition) is 0. The predicted molar refractivity (Wildman–Crippen MR) is 121 cm³/mol. The zero-order valence-corrected chi connectivity index (χ0v) is 18.7. The van der Waals surface area contributed by atoms with Crippen LogP contribution in [0.1, 0.15) is 56.9 Å². The van der Waals surface area contributed by atoms with E-state index in [4.69, 9.17) is 0 Å². The molecule has 0 heterocycles. The largest absolute Gasteiger partial charge is 0.305 e. The van der Waals surface area contributed by atoms with Gasteiger partial charge in [0.2, 0.25) is 0 Å². The highest BCUT2D eigenvalue weighted by atomic mass is 16.1. The van der Waals surface area contributed by atoms with Gasteiger partial charge in [-0.15, -0.1) is 0 Å². The smallest absolute Gasteiger partial charge is 0.152 e. The number of aryl methyl sites for hydroxylation is 2. The first-order valence-electron chi connectivity index (χ1n) is 9.91. The maximum atomic E-state index is 11.3. The van der Waals surface area contributed by atoms with E-state index in [1.54, 1.807) is 13.0 Å². The highest BCUT2D eigenvalue weighted by Gasteiger charge is 2.09. The van der Waals surface area contributed by atoms with E-state index in [-0.39, 0.29) is 5.78 Å². The van der Waals surface area contributed by atoms with Crippen molar-refractivity contribution >= 4 is 11.9 Å². The van der Waals surface area contributed by atoms with Crippen LogP contribution in [-0.4, -0.2) is 24.8 Å². The first-order chi connectivity index (χ1) is 12.9. The summed E-state index contributed by atoms with van der Waals surface area (Å²) in [6, 6.07) is 12.9. The average Bonchev–Trinajstić information content (AvgIpc) is 2.66. The van der Waals surface area contributed by atoms with E-state index < -0.39 is 0 Å². The highest BCUT2D eigenvalue weighted by Crippen LogP contribution is 2.31. The van der Waals surface area contributed by atoms with E-state index in [2.05, 4.69) is 69.2 Å². The molecule has 0 N–H and O–H groups in total. The van der Waals surface area contributed by atoms with Gasteiger partial charge in [0.15, 0.2) is 5.78 Å². The molecule has 0 aromatic heterocycles. The summed E-state index contributed by atoms with van der Waals surface area (Å²) in [5.74, 6) is 0.0678. The van der Waals surface area contributed by atoms with Crippen molar-refractivity contribution in [3.05, 3.63) is 64.7 Å². The number of hydrogen-bond acceptors (Lipinski definition) is 2. The third kappa shape index (κ3) is 7.92. The molecule has 0 saturated heterocycles. The maximum absolute atomic E-state index is 11.3. The monoisotopic (exact) mass is 367 g/mol. The summed E-state index contributed by atoms with van der Waals surface area (Å²) in [6.07, 6.45) is 3.58. The molecule has 27 heavy (non-hydrogen) atoms. The first-order valence-corrected chi connectivity index (χ1v) is 9.91. The number of ketones is 1. The minimum absolute atomic E-state index is 0.0678. The van der Waals surface area contributed by atoms with Crippen molar-refractivity contribution in [1.29, 1.82) is 0 Å². The van der Waals surface area contributed by atoms with Gasteiger partial charge in [0.1, 0.15) is 0 Å². The average molecular weight is 368 g/mol. The van der Waals surface area contributed by atoms with E-state index >= 15 is 0 Å². The fraction of sp³-hybridized carbons (Fsp3) is 0.400. The van der Waals surface area contributed by atoms with Gasteiger partial charge >= 0.3 is 0 Å². The summed E-state index contributed by atoms with van der Waals surface area (Å²) >= 11 is 0. The Kier molecular flexibility index (Phi) is 12.0. The third-order valence-electron chi connectivity index (χ3n) is 3.90. The van der Waals surface area contributed by atoms with Crippen molar-refractivity contribution in [2.45, 2.75) is 55.0 Å². The van der Waals surface area contributed by atoms with E-state index in [1.165, 1.54) is 27.8 Å². The molecule has 2 heteroatoms. The predicted octanol–water partition coefficient (Wildman–Crippen LogP) is 6.69. The van der Waals surface area contributed by atoms with E-state index in [0.29, 0.717) is 0 Å². The molecule has 2 aromatic rings. The molecule has 0 bridgehead atoms. The first kappa shape index (κ1) is 24.8. The zero-order chi connectivity index (χ0) is 21.0. The van der Waals surface area contributed by atoms with Crippen LogP contribution in [0.3, 0.4) is 0 Å². The molecular formula is C25H37NO. The summed E-state index contributed by atoms with van der Waals surface area (Å²) in [6.45, 7) is 14.7. The van der Waals surface area contributed by atoms with Gasteiger partial charge in [-0.2, -0.15) is 0 Å². The van der Waals surface area contributed by atoms with Crippen LogP contribution in [0.15, 0.2) is 42.5 Å². The zero-order valence-electron chi connectivity index (χ0n) is 18.7. The van der Waals surface area contributed by atoms with Crippen molar-refractivity contribution in [2.24, 2.45) is 0 Å². The highest BCUT2D eigenvalue weighted by molar-refractivity contribution is 5.93. The lowest BCUT2D eigenvalue weighted by molar-refractivity contribution is -0.112. The topological polar surface area (TPSA) is 20.3 Å². The lowest BCUT2D eigenvalue weighted by atomic mass is 9.91. The Labute approximate surface area is 166 Å². The van der Waals surface area contributed by atoms with Crippen molar-refractivity contribution in [2.75, 3.05) is 14.1 Å². The molecule has 148 valence electrons. The normalized spacial score (nSPS) is 10.1. The number of carbonyl (C=O) groups is 1. The lowest BCUT2D eigenvalue weighted by Gasteiger charge is -2.15. The molecular weight excluding hydrogens is 330 g/mol. The van der Waals surface area contributed by atoms with Gasteiger partial charge in [-0.3, -0.25) is 4.79 Å². The molecule has 0 atom stereocenters. The Balaban J connectivity index is 0.00000158. The summed E-state index contributed by atoms with van der Waals surface area (Å²) in [4.78, 5) is 13.5. The molecule has 2 nitrogen and oxygen atoms in total. The Morgan fingerprint density at radius 3 is 1.89 bits per heavy atom. The summed E-state index contributed by atoms with van der Waals surface area (Å²) in [5, 5.41) is 0. The molecule has 2 rings (SSSR count). The molecule has 0 radical (unpaired) electrons. The summed E-state index contributed by atoms with van der Waals surface area (Å²) < 4.78 is 0. The second-order valence-electron chi connectivity index (χ2n) is 6.37. The van der Waals surface area contributed by atoms with Crippen LogP contribution in [-0.2, 0) is 11.3 Å². The maximum Gasteiger partial charge on any atom is 0.152 e. The Bertz CT molecular complexity index is 725. The molecule has 0 saturated carbocycles. The second-order valence-corrected chi connectivity index (χ2v) is 6.37. The summed E-state index contributed by atoms with van der Waals surface area (Å²) in [5.41, 5.74) is 7.22. The molecule has 0 amide bonds. The molecule has 0 spiro atoms. The van der Waals surface area contributed by atoms with Gasteiger partial charge in [0, 0.05) is 6.54 Å². The van der Waals surface area contributed by atoms with Crippen LogP contribution < -0.4 is 0 Å². The van der Waals surface area contributed by atoms with Crippen molar-refractivity contribution in [3.8, 4) is 11.1 Å². The second kappa shape index (κ2) is 13.1. The van der Waals surface area contributed by atoms with Gasteiger partial charge in [0.05, 0.1) is 0 Å². The number of nitrogens with zero attached hydrogens (tertiary/aromatic N) is 1. The molecule has 0 aliphatic heterocycles. The van der Waals surface area contributed by atoms with Gasteiger partial charge in [-0.1, -0.05) is 70.2 Å². The van der Waals surface area contributed by atoms with Gasteiger partial charge in [0.25, 0.3) is 0 Å². The van der Waals surface area contributed by atoms with Crippen molar-refractivity contribution in [3.63, 3.8) is 0 Å². The minimum atomic E-state index is 0.0678. The number of allylic oxidation sites excluding steroid dienone is 1. The SMILES string of the molecule is CC.CC.CC(=O)/C=C\c1c(C)ccc(C)c1-c1ccc(CN(C)C)cc1. The van der Waals surface area contributed by atoms with Crippen LogP contribution in [0.2, 0.25) is 0 Å². The number of carbonyl (C=O) groups excluding carboxylic acids is 1. The quantitative estimate of drug-likeness (QED) is 0.549. The Morgan fingerprint density at radius 1 is 0.889 bits per heavy atom. The molecule has 0 fully saturated rings. The fourth-order valence-corrected chi connectivity index (χ4v) is 2.77. The Morgan fingerprint density at radius 2 is 1.41 bits per heavy atom. The number of benzene rings is 2. The fourth-order valence-electron chi connectivity index (χ4n) is 2.77. The molecule has 2 aromatic carbocycles. The third-order valence-corrected chi connectivity index (χ3v) is 3.90. The van der Waals surface area contributed by atoms with Gasteiger partial charge in [-0.25, -0.2) is 0 Å². The van der Waals surface area contributed by atoms with E-state index in [0.717, 1.165) is 12.1 Å². The van der Waals surface area contributed by atoms with Crippen molar-refractivity contribution < 1.29 is 4.79 Å². The minimum Gasteiger partial charge on any atom is -0.305 e. The van der Waals surface area contributed by atoms with Crippen LogP contribution in [0.5, 0.6) is 0 Å². The molecule has 0 aliphatic carbocycles. The Hall–Kier alpha value is -2.19. The van der Waals surface area contributed by atoms with E-state index in [1.807, 2.05) is 33.8 Å². The van der Waals surface area contributed by atoms with Crippen LogP contribution in [0.4, 0.5) is 0 Å². The van der Waals surface area contributed by atoms with Crippen LogP contribution >= 0.6 is 0 Å². The molecule has 0 aliphatic rings. The van der Waals surface area contributed by atoms with E-state index in [9.17, 15) is 4.79 Å². The number of rotatable bonds is 5. The van der Waals surface area contributed by atoms with Gasteiger partial charge in [-0.05, 0) is 74.3 Å². The standard InChI is InChI=1S/C21H25NO.2C2H6/c1-15-6-7-16(2)21(20(15)13-8-17(3)23)19-11-9-18(10-12-19)14-22(4)5;2*1-2/h6-13H,14H2,1-5H3;2*1-2H3/b13-8-;;. The van der Waals surface area contributed by atoms with Crippen molar-refractivity contribution in [1.82, 2.24) is 4.90 Å². The van der Waals surface area contributed by atoms with Gasteiger partial charge < -0.3 is 4.90 Å². The van der Waals surface area contributed by atoms with Crippen LogP contribution in [0, 0.1) is 13.8 Å². The van der Waals surface area contributed by atoms with Crippen LogP contribution in [0.25, 0.3) is 17.2 Å². The summed E-state index contributed by atoms with van der Waals surface area (Å²) in [7, 11) is 4.15. The molecule has 0 unspecified atom stereocenters. The lowest BCUT2D eigenvalue weighted by Crippen LogP contribution is -2.10.